The van der Waals surface area contributed by atoms with E-state index in [1.54, 1.807) is 4.57 Å². The van der Waals surface area contributed by atoms with Gasteiger partial charge >= 0.3 is 0 Å². The first-order valence-corrected chi connectivity index (χ1v) is 19.7. The number of para-hydroxylation sites is 2. The lowest BCUT2D eigenvalue weighted by Gasteiger charge is -2.11. The fourth-order valence-electron chi connectivity index (χ4n) is 8.36. The summed E-state index contributed by atoms with van der Waals surface area (Å²) in [6.07, 6.45) is 0. The van der Waals surface area contributed by atoms with Crippen molar-refractivity contribution in [2.75, 3.05) is 0 Å². The van der Waals surface area contributed by atoms with Gasteiger partial charge in [0.25, 0.3) is 0 Å². The third-order valence-electron chi connectivity index (χ3n) is 11.2. The summed E-state index contributed by atoms with van der Waals surface area (Å²) in [5, 5.41) is 4.33. The van der Waals surface area contributed by atoms with E-state index < -0.39 is 0 Å². The normalized spacial score (nSPS) is 13.1. The Morgan fingerprint density at radius 1 is 0.400 bits per heavy atom. The molecule has 60 heavy (non-hydrogen) atoms. The average molecular weight is 773 g/mol. The molecule has 0 fully saturated rings. The molecule has 0 bridgehead atoms. The summed E-state index contributed by atoms with van der Waals surface area (Å²) in [6, 6.07) is 54.4. The van der Waals surface area contributed by atoms with Gasteiger partial charge in [0, 0.05) is 49.5 Å². The molecule has 0 N–H and O–H groups in total. The molecule has 3 aromatic heterocycles. The lowest BCUT2D eigenvalue weighted by Crippen LogP contribution is -2.00. The second-order valence-corrected chi connectivity index (χ2v) is 14.7. The summed E-state index contributed by atoms with van der Waals surface area (Å²) in [7, 11) is 0. The molecule has 0 saturated heterocycles. The molecule has 0 aliphatic rings. The van der Waals surface area contributed by atoms with Crippen LogP contribution in [0.5, 0.6) is 0 Å². The molecule has 12 rings (SSSR count). The summed E-state index contributed by atoms with van der Waals surface area (Å²) in [6.45, 7) is 0. The Morgan fingerprint density at radius 2 is 0.967 bits per heavy atom. The standard InChI is InChI=1S/C55H34N4O/c1-3-14-36(15-4-1)47-33-41(59-49-24-11-9-21-44(49)45-22-10-12-25-50(45)59)34-48-46-31-30-40(32-51(46)60-52(47)48)55-57-53(38-17-5-2-6-18-38)56-54(58-55)39-28-26-37(27-29-39)43-23-13-19-35-16-7-8-20-42(35)43/h1-34H/i9D,10D,21D,22D,24D,25D. The van der Waals surface area contributed by atoms with Crippen LogP contribution in [-0.4, -0.2) is 19.5 Å². The zero-order chi connectivity index (χ0) is 44.8. The minimum absolute atomic E-state index is 0.0251. The molecule has 0 saturated carbocycles. The largest absolute Gasteiger partial charge is 0.455 e. The first-order chi connectivity index (χ1) is 32.2. The van der Waals surface area contributed by atoms with Crippen LogP contribution in [0.4, 0.5) is 0 Å². The summed E-state index contributed by atoms with van der Waals surface area (Å²) >= 11 is 0. The summed E-state index contributed by atoms with van der Waals surface area (Å²) in [5.41, 5.74) is 8.62. The maximum absolute atomic E-state index is 9.09. The highest BCUT2D eigenvalue weighted by atomic mass is 16.3. The Kier molecular flexibility index (Phi) is 6.48. The predicted molar refractivity (Wildman–Crippen MR) is 246 cm³/mol. The molecule has 0 atom stereocenters. The van der Waals surface area contributed by atoms with Crippen molar-refractivity contribution in [3.05, 3.63) is 206 Å². The lowest BCUT2D eigenvalue weighted by molar-refractivity contribution is 0.670. The predicted octanol–water partition coefficient (Wildman–Crippen LogP) is 14.4. The molecule has 0 unspecified atom stereocenters. The molecule has 5 nitrogen and oxygen atoms in total. The molecule has 0 amide bonds. The molecular weight excluding hydrogens is 733 g/mol. The van der Waals surface area contributed by atoms with Gasteiger partial charge in [-0.3, -0.25) is 0 Å². The van der Waals surface area contributed by atoms with Crippen LogP contribution in [0.25, 0.3) is 117 Å². The SMILES string of the molecule is [2H]c1cc([2H])c2c(c1[2H])c1c([2H])c([2H])cc([2H])c1n2-c1cc(-c2ccccc2)c2oc3cc(-c4nc(-c5ccccc5)nc(-c5ccc(-c6cccc7ccccc67)cc5)n4)ccc3c2c1. The van der Waals surface area contributed by atoms with Gasteiger partial charge in [-0.25, -0.2) is 15.0 Å². The smallest absolute Gasteiger partial charge is 0.164 e. The van der Waals surface area contributed by atoms with Crippen molar-refractivity contribution in [1.29, 1.82) is 0 Å². The first-order valence-electron chi connectivity index (χ1n) is 22.7. The molecule has 280 valence electrons. The summed E-state index contributed by atoms with van der Waals surface area (Å²) in [5.74, 6) is 1.53. The van der Waals surface area contributed by atoms with Crippen molar-refractivity contribution in [2.24, 2.45) is 0 Å². The minimum atomic E-state index is -0.166. The first kappa shape index (κ1) is 28.3. The topological polar surface area (TPSA) is 56.7 Å². The van der Waals surface area contributed by atoms with E-state index in [4.69, 9.17) is 27.6 Å². The fourth-order valence-corrected chi connectivity index (χ4v) is 8.36. The van der Waals surface area contributed by atoms with Gasteiger partial charge in [-0.2, -0.15) is 0 Å². The lowest BCUT2D eigenvalue weighted by atomic mass is 9.97. The van der Waals surface area contributed by atoms with E-state index in [-0.39, 0.29) is 58.1 Å². The molecule has 9 aromatic carbocycles. The highest BCUT2D eigenvalue weighted by molar-refractivity contribution is 6.13. The van der Waals surface area contributed by atoms with Gasteiger partial charge in [-0.1, -0.05) is 170 Å². The quantitative estimate of drug-likeness (QED) is 0.169. The van der Waals surface area contributed by atoms with Crippen LogP contribution in [0.2, 0.25) is 0 Å². The number of nitrogens with zero attached hydrogens (tertiary/aromatic N) is 4. The van der Waals surface area contributed by atoms with Crippen molar-refractivity contribution in [2.45, 2.75) is 0 Å². The Balaban J connectivity index is 1.05. The Labute approximate surface area is 353 Å². The molecular formula is C55H34N4O. The molecule has 12 aromatic rings. The second kappa shape index (κ2) is 13.8. The third kappa shape index (κ3) is 5.59. The Bertz CT molecular complexity index is 3870. The number of furan rings is 1. The van der Waals surface area contributed by atoms with E-state index in [1.165, 1.54) is 22.9 Å². The van der Waals surface area contributed by atoms with Crippen molar-refractivity contribution in [1.82, 2.24) is 19.5 Å². The highest BCUT2D eigenvalue weighted by Crippen LogP contribution is 2.41. The molecule has 0 spiro atoms. The Morgan fingerprint density at radius 3 is 1.68 bits per heavy atom. The van der Waals surface area contributed by atoms with E-state index in [1.807, 2.05) is 103 Å². The molecule has 0 radical (unpaired) electrons. The number of aromatic nitrogens is 4. The zero-order valence-corrected chi connectivity index (χ0v) is 31.9. The minimum Gasteiger partial charge on any atom is -0.455 e. The number of hydrogen-bond donors (Lipinski definition) is 0. The monoisotopic (exact) mass is 772 g/mol. The van der Waals surface area contributed by atoms with Crippen LogP contribution in [-0.2, 0) is 0 Å². The number of rotatable bonds is 6. The van der Waals surface area contributed by atoms with Crippen LogP contribution >= 0.6 is 0 Å². The summed E-state index contributed by atoms with van der Waals surface area (Å²) in [4.78, 5) is 15.1. The van der Waals surface area contributed by atoms with Crippen molar-refractivity contribution in [3.63, 3.8) is 0 Å². The van der Waals surface area contributed by atoms with Crippen LogP contribution in [0, 0.1) is 0 Å². The van der Waals surface area contributed by atoms with E-state index in [2.05, 4.69) is 54.6 Å². The van der Waals surface area contributed by atoms with Crippen molar-refractivity contribution >= 4 is 54.5 Å². The van der Waals surface area contributed by atoms with Crippen LogP contribution in [0.15, 0.2) is 211 Å². The second-order valence-electron chi connectivity index (χ2n) is 14.7. The maximum atomic E-state index is 9.09. The number of fused-ring (bicyclic) bond motifs is 7. The molecule has 0 aliphatic carbocycles. The molecule has 0 aliphatic heterocycles. The van der Waals surface area contributed by atoms with Crippen LogP contribution in [0.3, 0.4) is 0 Å². The van der Waals surface area contributed by atoms with Crippen LogP contribution < -0.4 is 0 Å². The highest BCUT2D eigenvalue weighted by Gasteiger charge is 2.20. The van der Waals surface area contributed by atoms with Gasteiger partial charge in [0.05, 0.1) is 19.3 Å². The number of hydrogen-bond acceptors (Lipinski definition) is 4. The van der Waals surface area contributed by atoms with Gasteiger partial charge in [-0.05, 0) is 63.8 Å². The van der Waals surface area contributed by atoms with Gasteiger partial charge in [0.1, 0.15) is 11.2 Å². The number of benzene rings is 9. The molecule has 3 heterocycles. The summed E-state index contributed by atoms with van der Waals surface area (Å²) < 4.78 is 61.6. The fraction of sp³-hybridized carbons (Fsp3) is 0. The van der Waals surface area contributed by atoms with Gasteiger partial charge in [0.15, 0.2) is 17.5 Å². The van der Waals surface area contributed by atoms with Crippen LogP contribution in [0.1, 0.15) is 8.22 Å². The van der Waals surface area contributed by atoms with E-state index in [0.717, 1.165) is 49.7 Å². The maximum Gasteiger partial charge on any atom is 0.164 e. The average Bonchev–Trinajstić information content (AvgIpc) is 3.92. The van der Waals surface area contributed by atoms with E-state index >= 15 is 0 Å². The van der Waals surface area contributed by atoms with Crippen molar-refractivity contribution < 1.29 is 12.6 Å². The van der Waals surface area contributed by atoms with Gasteiger partial charge in [0.2, 0.25) is 0 Å². The van der Waals surface area contributed by atoms with E-state index in [9.17, 15) is 0 Å². The van der Waals surface area contributed by atoms with Gasteiger partial charge < -0.3 is 8.98 Å². The van der Waals surface area contributed by atoms with Gasteiger partial charge in [-0.15, -0.1) is 0 Å². The van der Waals surface area contributed by atoms with Crippen molar-refractivity contribution in [3.8, 4) is 62.1 Å². The third-order valence-corrected chi connectivity index (χ3v) is 11.2. The molecule has 5 heteroatoms. The zero-order valence-electron chi connectivity index (χ0n) is 37.9. The van der Waals surface area contributed by atoms with E-state index in [0.29, 0.717) is 34.3 Å². The Hall–Kier alpha value is -8.15.